The van der Waals surface area contributed by atoms with Crippen molar-refractivity contribution in [3.05, 3.63) is 29.5 Å². The van der Waals surface area contributed by atoms with Crippen LogP contribution in [0, 0.1) is 11.8 Å². The molecule has 1 saturated heterocycles. The van der Waals surface area contributed by atoms with Gasteiger partial charge in [-0.2, -0.15) is 0 Å². The molecule has 2 aliphatic rings. The molecule has 5 heteroatoms. The van der Waals surface area contributed by atoms with Crippen molar-refractivity contribution >= 4 is 16.8 Å². The van der Waals surface area contributed by atoms with Gasteiger partial charge in [-0.3, -0.25) is 9.69 Å². The lowest BCUT2D eigenvalue weighted by atomic mass is 9.92. The molecule has 1 aromatic heterocycles. The smallest absolute Gasteiger partial charge is 0.237 e. The first-order valence-corrected chi connectivity index (χ1v) is 9.71. The molecule has 0 spiro atoms. The Hall–Kier alpha value is -2.01. The quantitative estimate of drug-likeness (QED) is 0.921. The molecular weight excluding hydrogens is 326 g/mol. The fraction of sp³-hybridized carbons (Fsp3) is 0.571. The number of carbonyl (C=O) groups excluding carboxylic acids is 1. The third-order valence-corrected chi connectivity index (χ3v) is 5.84. The van der Waals surface area contributed by atoms with Crippen LogP contribution in [0.15, 0.2) is 18.2 Å². The van der Waals surface area contributed by atoms with Crippen LogP contribution in [0.2, 0.25) is 0 Å². The number of rotatable bonds is 3. The Morgan fingerprint density at radius 1 is 1.27 bits per heavy atom. The number of nitrogens with one attached hydrogen (secondary N) is 1. The SMILES string of the molecule is COc1ccc2[nH]c3c(c2c1)CN(C(=O)CN1C[C@@H](C)C[C@H](C)C1)CC3. The Morgan fingerprint density at radius 2 is 2.04 bits per heavy atom. The summed E-state index contributed by atoms with van der Waals surface area (Å²) >= 11 is 0. The molecule has 0 unspecified atom stereocenters. The van der Waals surface area contributed by atoms with Gasteiger partial charge in [0, 0.05) is 54.8 Å². The van der Waals surface area contributed by atoms with E-state index < -0.39 is 0 Å². The number of carbonyl (C=O) groups is 1. The molecule has 0 radical (unpaired) electrons. The zero-order chi connectivity index (χ0) is 18.3. The highest BCUT2D eigenvalue weighted by atomic mass is 16.5. The van der Waals surface area contributed by atoms with Crippen LogP contribution >= 0.6 is 0 Å². The highest BCUT2D eigenvalue weighted by molar-refractivity contribution is 5.87. The summed E-state index contributed by atoms with van der Waals surface area (Å²) in [5.74, 6) is 2.48. The zero-order valence-corrected chi connectivity index (χ0v) is 16.0. The van der Waals surface area contributed by atoms with Gasteiger partial charge in [-0.25, -0.2) is 0 Å². The van der Waals surface area contributed by atoms with Gasteiger partial charge >= 0.3 is 0 Å². The number of fused-ring (bicyclic) bond motifs is 3. The van der Waals surface area contributed by atoms with Crippen LogP contribution in [0.3, 0.4) is 0 Å². The number of methoxy groups -OCH3 is 1. The number of benzene rings is 1. The molecule has 4 rings (SSSR count). The first-order valence-electron chi connectivity index (χ1n) is 9.71. The van der Waals surface area contributed by atoms with Crippen molar-refractivity contribution in [2.75, 3.05) is 33.3 Å². The molecule has 1 N–H and O–H groups in total. The fourth-order valence-corrected chi connectivity index (χ4v) is 4.75. The number of amides is 1. The molecule has 3 heterocycles. The maximum absolute atomic E-state index is 12.9. The summed E-state index contributed by atoms with van der Waals surface area (Å²) in [7, 11) is 1.69. The van der Waals surface area contributed by atoms with Crippen LogP contribution in [0.25, 0.3) is 10.9 Å². The number of likely N-dealkylation sites (tertiary alicyclic amines) is 1. The van der Waals surface area contributed by atoms with Gasteiger partial charge in [-0.1, -0.05) is 13.8 Å². The largest absolute Gasteiger partial charge is 0.497 e. The third-order valence-electron chi connectivity index (χ3n) is 5.84. The van der Waals surface area contributed by atoms with Crippen LogP contribution in [-0.4, -0.2) is 54.0 Å². The second-order valence-electron chi connectivity index (χ2n) is 8.20. The average molecular weight is 355 g/mol. The Balaban J connectivity index is 1.49. The summed E-state index contributed by atoms with van der Waals surface area (Å²) in [5, 5.41) is 1.18. The topological polar surface area (TPSA) is 48.6 Å². The third kappa shape index (κ3) is 3.32. The van der Waals surface area contributed by atoms with Crippen LogP contribution in [0.5, 0.6) is 5.75 Å². The van der Waals surface area contributed by atoms with Gasteiger partial charge in [0.25, 0.3) is 0 Å². The van der Waals surface area contributed by atoms with E-state index in [1.54, 1.807) is 7.11 Å². The Bertz CT molecular complexity index is 803. The van der Waals surface area contributed by atoms with Gasteiger partial charge in [0.1, 0.15) is 5.75 Å². The molecule has 5 nitrogen and oxygen atoms in total. The molecule has 0 aliphatic carbocycles. The number of nitrogens with zero attached hydrogens (tertiary/aromatic N) is 2. The van der Waals surface area contributed by atoms with E-state index in [0.717, 1.165) is 37.3 Å². The minimum Gasteiger partial charge on any atom is -0.497 e. The number of aromatic nitrogens is 1. The van der Waals surface area contributed by atoms with E-state index in [9.17, 15) is 4.79 Å². The fourth-order valence-electron chi connectivity index (χ4n) is 4.75. The zero-order valence-electron chi connectivity index (χ0n) is 16.0. The number of hydrogen-bond donors (Lipinski definition) is 1. The van der Waals surface area contributed by atoms with E-state index in [1.807, 2.05) is 11.0 Å². The summed E-state index contributed by atoms with van der Waals surface area (Å²) in [5.41, 5.74) is 3.64. The Kier molecular flexibility index (Phi) is 4.65. The highest BCUT2D eigenvalue weighted by Gasteiger charge is 2.28. The maximum atomic E-state index is 12.9. The molecule has 26 heavy (non-hydrogen) atoms. The van der Waals surface area contributed by atoms with Crippen LogP contribution < -0.4 is 4.74 Å². The lowest BCUT2D eigenvalue weighted by molar-refractivity contribution is -0.134. The van der Waals surface area contributed by atoms with Crippen molar-refractivity contribution in [1.29, 1.82) is 0 Å². The van der Waals surface area contributed by atoms with Crippen molar-refractivity contribution in [2.45, 2.75) is 33.2 Å². The Labute approximate surface area is 155 Å². The first-order chi connectivity index (χ1) is 12.5. The van der Waals surface area contributed by atoms with Gasteiger partial charge in [-0.05, 0) is 36.5 Å². The first kappa shape index (κ1) is 17.4. The van der Waals surface area contributed by atoms with Crippen molar-refractivity contribution in [3.63, 3.8) is 0 Å². The van der Waals surface area contributed by atoms with Gasteiger partial charge in [0.2, 0.25) is 5.91 Å². The van der Waals surface area contributed by atoms with E-state index in [0.29, 0.717) is 24.9 Å². The number of piperidine rings is 1. The minimum atomic E-state index is 0.259. The molecule has 1 amide bonds. The summed E-state index contributed by atoms with van der Waals surface area (Å²) in [6.07, 6.45) is 2.17. The van der Waals surface area contributed by atoms with Crippen molar-refractivity contribution < 1.29 is 9.53 Å². The molecule has 0 bridgehead atoms. The van der Waals surface area contributed by atoms with Crippen LogP contribution in [-0.2, 0) is 17.8 Å². The number of H-pyrrole nitrogens is 1. The highest BCUT2D eigenvalue weighted by Crippen LogP contribution is 2.30. The lowest BCUT2D eigenvalue weighted by Crippen LogP contribution is -2.46. The summed E-state index contributed by atoms with van der Waals surface area (Å²) in [6, 6.07) is 6.12. The number of aromatic amines is 1. The predicted molar refractivity (Wildman–Crippen MR) is 103 cm³/mol. The molecule has 2 aromatic rings. The normalized spacial score (nSPS) is 23.9. The number of hydrogen-bond acceptors (Lipinski definition) is 3. The van der Waals surface area contributed by atoms with Crippen LogP contribution in [0.1, 0.15) is 31.5 Å². The van der Waals surface area contributed by atoms with Crippen molar-refractivity contribution in [2.24, 2.45) is 11.8 Å². The molecule has 2 atom stereocenters. The molecular formula is C21H29N3O2. The van der Waals surface area contributed by atoms with E-state index in [2.05, 4.69) is 35.9 Å². The molecule has 1 aromatic carbocycles. The van der Waals surface area contributed by atoms with E-state index in [4.69, 9.17) is 4.74 Å². The second-order valence-corrected chi connectivity index (χ2v) is 8.20. The van der Waals surface area contributed by atoms with E-state index >= 15 is 0 Å². The van der Waals surface area contributed by atoms with Gasteiger partial charge in [0.05, 0.1) is 13.7 Å². The van der Waals surface area contributed by atoms with Crippen molar-refractivity contribution in [1.82, 2.24) is 14.8 Å². The van der Waals surface area contributed by atoms with Crippen molar-refractivity contribution in [3.8, 4) is 5.75 Å². The van der Waals surface area contributed by atoms with Crippen LogP contribution in [0.4, 0.5) is 0 Å². The predicted octanol–water partition coefficient (Wildman–Crippen LogP) is 3.04. The summed E-state index contributed by atoms with van der Waals surface area (Å²) in [4.78, 5) is 20.8. The maximum Gasteiger partial charge on any atom is 0.237 e. The van der Waals surface area contributed by atoms with Gasteiger partial charge < -0.3 is 14.6 Å². The second kappa shape index (κ2) is 6.95. The molecule has 0 saturated carbocycles. The van der Waals surface area contributed by atoms with Gasteiger partial charge in [-0.15, -0.1) is 0 Å². The summed E-state index contributed by atoms with van der Waals surface area (Å²) in [6.45, 7) is 8.71. The van der Waals surface area contributed by atoms with E-state index in [1.165, 1.54) is 23.1 Å². The number of ether oxygens (including phenoxy) is 1. The molecule has 1 fully saturated rings. The average Bonchev–Trinajstić information content (AvgIpc) is 2.97. The minimum absolute atomic E-state index is 0.259. The molecule has 2 aliphatic heterocycles. The van der Waals surface area contributed by atoms with E-state index in [-0.39, 0.29) is 5.91 Å². The Morgan fingerprint density at radius 3 is 2.77 bits per heavy atom. The lowest BCUT2D eigenvalue weighted by Gasteiger charge is -2.36. The molecule has 140 valence electrons. The van der Waals surface area contributed by atoms with Gasteiger partial charge in [0.15, 0.2) is 0 Å². The summed E-state index contributed by atoms with van der Waals surface area (Å²) < 4.78 is 5.38. The monoisotopic (exact) mass is 355 g/mol. The standard InChI is InChI=1S/C21H29N3O2/c1-14-8-15(2)11-23(10-14)13-21(25)24-7-6-20-18(12-24)17-9-16(26-3)4-5-19(17)22-20/h4-5,9,14-15,22H,6-8,10-13H2,1-3H3/t14-,15-/m0/s1.